The highest BCUT2D eigenvalue weighted by Crippen LogP contribution is 2.42. The van der Waals surface area contributed by atoms with E-state index in [2.05, 4.69) is 205 Å². The molecule has 0 N–H and O–H groups in total. The summed E-state index contributed by atoms with van der Waals surface area (Å²) in [5.41, 5.74) is 13.7. The van der Waals surface area contributed by atoms with Gasteiger partial charge in [0.25, 0.3) is 0 Å². The average molecular weight is 704 g/mol. The molecule has 11 rings (SSSR count). The summed E-state index contributed by atoms with van der Waals surface area (Å²) in [6, 6.07) is 71.0. The molecule has 0 aliphatic heterocycles. The topological polar surface area (TPSA) is 29.5 Å². The van der Waals surface area contributed by atoms with E-state index in [0.717, 1.165) is 66.5 Å². The van der Waals surface area contributed by atoms with Crippen molar-refractivity contribution in [3.63, 3.8) is 0 Å². The van der Waals surface area contributed by atoms with E-state index in [0.29, 0.717) is 0 Å². The number of anilines is 3. The van der Waals surface area contributed by atoms with Crippen LogP contribution in [-0.4, -0.2) is 0 Å². The van der Waals surface area contributed by atoms with Crippen molar-refractivity contribution in [2.45, 2.75) is 0 Å². The van der Waals surface area contributed by atoms with Crippen LogP contribution in [0.1, 0.15) is 0 Å². The number of hydrogen-bond acceptors (Lipinski definition) is 3. The van der Waals surface area contributed by atoms with Crippen LogP contribution in [0.15, 0.2) is 209 Å². The maximum atomic E-state index is 6.56. The smallest absolute Gasteiger partial charge is 0.136 e. The van der Waals surface area contributed by atoms with Crippen molar-refractivity contribution in [1.82, 2.24) is 0 Å². The molecule has 11 aromatic rings. The van der Waals surface area contributed by atoms with Crippen LogP contribution in [0.3, 0.4) is 0 Å². The minimum absolute atomic E-state index is 0.837. The first-order valence-corrected chi connectivity index (χ1v) is 18.6. The van der Waals surface area contributed by atoms with Gasteiger partial charge in [0, 0.05) is 38.6 Å². The predicted octanol–water partition coefficient (Wildman–Crippen LogP) is 15.1. The van der Waals surface area contributed by atoms with Gasteiger partial charge in [-0.2, -0.15) is 0 Å². The van der Waals surface area contributed by atoms with Crippen LogP contribution in [0, 0.1) is 0 Å². The van der Waals surface area contributed by atoms with Gasteiger partial charge in [-0.15, -0.1) is 0 Å². The van der Waals surface area contributed by atoms with Crippen molar-refractivity contribution < 1.29 is 8.83 Å². The molecule has 3 heteroatoms. The van der Waals surface area contributed by atoms with Crippen molar-refractivity contribution in [3.05, 3.63) is 200 Å². The Labute approximate surface area is 317 Å². The molecule has 0 atom stereocenters. The van der Waals surface area contributed by atoms with Gasteiger partial charge in [-0.05, 0) is 117 Å². The number of fused-ring (bicyclic) bond motifs is 7. The lowest BCUT2D eigenvalue weighted by Crippen LogP contribution is -2.09. The highest BCUT2D eigenvalue weighted by Gasteiger charge is 2.18. The molecule has 0 bridgehead atoms. The number of nitrogens with zero attached hydrogens (tertiary/aromatic N) is 1. The predicted molar refractivity (Wildman–Crippen MR) is 229 cm³/mol. The second-order valence-corrected chi connectivity index (χ2v) is 14.2. The van der Waals surface area contributed by atoms with Gasteiger partial charge in [-0.1, -0.05) is 127 Å². The zero-order valence-electron chi connectivity index (χ0n) is 29.8. The van der Waals surface area contributed by atoms with Gasteiger partial charge in [0.15, 0.2) is 0 Å². The highest BCUT2D eigenvalue weighted by molar-refractivity contribution is 6.16. The Bertz CT molecular complexity index is 3090. The average Bonchev–Trinajstić information content (AvgIpc) is 3.80. The molecule has 0 saturated heterocycles. The summed E-state index contributed by atoms with van der Waals surface area (Å²) in [4.78, 5) is 2.32. The molecule has 258 valence electrons. The van der Waals surface area contributed by atoms with Gasteiger partial charge in [-0.3, -0.25) is 0 Å². The maximum Gasteiger partial charge on any atom is 0.136 e. The van der Waals surface area contributed by atoms with Crippen LogP contribution < -0.4 is 4.90 Å². The molecule has 3 nitrogen and oxygen atoms in total. The van der Waals surface area contributed by atoms with E-state index >= 15 is 0 Å². The van der Waals surface area contributed by atoms with Gasteiger partial charge >= 0.3 is 0 Å². The summed E-state index contributed by atoms with van der Waals surface area (Å²) < 4.78 is 13.1. The van der Waals surface area contributed by atoms with Crippen molar-refractivity contribution >= 4 is 71.7 Å². The van der Waals surface area contributed by atoms with Crippen LogP contribution >= 0.6 is 0 Å². The van der Waals surface area contributed by atoms with Gasteiger partial charge in [0.1, 0.15) is 22.3 Å². The molecule has 0 fully saturated rings. The quantitative estimate of drug-likeness (QED) is 0.173. The van der Waals surface area contributed by atoms with Gasteiger partial charge in [-0.25, -0.2) is 0 Å². The minimum atomic E-state index is 0.837. The first-order chi connectivity index (χ1) is 27.2. The van der Waals surface area contributed by atoms with E-state index in [9.17, 15) is 0 Å². The van der Waals surface area contributed by atoms with Crippen LogP contribution in [0.25, 0.3) is 88.0 Å². The lowest BCUT2D eigenvalue weighted by Gasteiger charge is -2.26. The Morgan fingerprint density at radius 1 is 0.255 bits per heavy atom. The van der Waals surface area contributed by atoms with E-state index in [-0.39, 0.29) is 0 Å². The summed E-state index contributed by atoms with van der Waals surface area (Å²) >= 11 is 0. The van der Waals surface area contributed by atoms with Crippen molar-refractivity contribution in [3.8, 4) is 33.4 Å². The molecule has 0 unspecified atom stereocenters. The molecule has 2 aromatic heterocycles. The normalized spacial score (nSPS) is 11.6. The number of rotatable bonds is 6. The fourth-order valence-electron chi connectivity index (χ4n) is 8.04. The second kappa shape index (κ2) is 12.6. The lowest BCUT2D eigenvalue weighted by atomic mass is 9.99. The molecule has 0 saturated carbocycles. The zero-order chi connectivity index (χ0) is 36.3. The Kier molecular flexibility index (Phi) is 7.17. The third-order valence-electron chi connectivity index (χ3n) is 10.9. The Morgan fingerprint density at radius 3 is 1.27 bits per heavy atom. The highest BCUT2D eigenvalue weighted by atomic mass is 16.3. The second-order valence-electron chi connectivity index (χ2n) is 14.2. The first kappa shape index (κ1) is 31.2. The van der Waals surface area contributed by atoms with E-state index in [4.69, 9.17) is 8.83 Å². The molecular weight excluding hydrogens is 671 g/mol. The van der Waals surface area contributed by atoms with Gasteiger partial charge in [0.05, 0.1) is 0 Å². The molecule has 0 amide bonds. The lowest BCUT2D eigenvalue weighted by molar-refractivity contribution is 0.664. The van der Waals surface area contributed by atoms with Crippen molar-refractivity contribution in [2.75, 3.05) is 4.90 Å². The molecule has 2 heterocycles. The minimum Gasteiger partial charge on any atom is -0.456 e. The molecule has 0 aliphatic carbocycles. The number of benzene rings is 9. The monoisotopic (exact) mass is 703 g/mol. The third-order valence-corrected chi connectivity index (χ3v) is 10.9. The van der Waals surface area contributed by atoms with Crippen molar-refractivity contribution in [2.24, 2.45) is 0 Å². The Morgan fingerprint density at radius 2 is 0.673 bits per heavy atom. The first-order valence-electron chi connectivity index (χ1n) is 18.6. The van der Waals surface area contributed by atoms with E-state index in [1.807, 2.05) is 0 Å². The third kappa shape index (κ3) is 5.45. The van der Waals surface area contributed by atoms with Gasteiger partial charge in [0.2, 0.25) is 0 Å². The summed E-state index contributed by atoms with van der Waals surface area (Å²) in [6.45, 7) is 0. The van der Waals surface area contributed by atoms with Crippen LogP contribution in [0.2, 0.25) is 0 Å². The fraction of sp³-hybridized carbons (Fsp3) is 0. The summed E-state index contributed by atoms with van der Waals surface area (Å²) in [6.07, 6.45) is 0. The van der Waals surface area contributed by atoms with Crippen LogP contribution in [-0.2, 0) is 0 Å². The summed E-state index contributed by atoms with van der Waals surface area (Å²) in [7, 11) is 0. The molecule has 0 spiro atoms. The SMILES string of the molecule is c1ccc(-c2ccc(N(c3ccc(-c4ccccc4)cc3)c3ccc4oc5cc6c(cc5c4c3)oc3ccc(-c4ccc5ccccc5c4)cc36)cc2)cc1. The molecule has 9 aromatic carbocycles. The number of furan rings is 2. The number of hydrogen-bond donors (Lipinski definition) is 0. The van der Waals surface area contributed by atoms with Gasteiger partial charge < -0.3 is 13.7 Å². The van der Waals surface area contributed by atoms with E-state index in [1.54, 1.807) is 0 Å². The van der Waals surface area contributed by atoms with Crippen LogP contribution in [0.5, 0.6) is 0 Å². The van der Waals surface area contributed by atoms with Crippen LogP contribution in [0.4, 0.5) is 17.1 Å². The maximum absolute atomic E-state index is 6.56. The van der Waals surface area contributed by atoms with E-state index < -0.39 is 0 Å². The molecule has 0 radical (unpaired) electrons. The molecule has 0 aliphatic rings. The standard InChI is InChI=1S/C52H33NO2/c1-3-9-34(10-4-1)37-17-22-42(23-18-37)53(43-24-19-38(20-25-43)35-11-5-2-6-12-35)44-26-28-50-46(31-44)48-33-51-47(32-52(48)55-50)45-30-41(21-27-49(45)54-51)40-16-15-36-13-7-8-14-39(36)29-40/h1-33H. The Hall–Kier alpha value is -7.36. The largest absolute Gasteiger partial charge is 0.456 e. The zero-order valence-corrected chi connectivity index (χ0v) is 29.8. The van der Waals surface area contributed by atoms with Crippen molar-refractivity contribution in [1.29, 1.82) is 0 Å². The molecular formula is C52H33NO2. The summed E-state index contributed by atoms with van der Waals surface area (Å²) in [5, 5.41) is 6.65. The molecule has 55 heavy (non-hydrogen) atoms. The van der Waals surface area contributed by atoms with E-state index in [1.165, 1.54) is 38.6 Å². The fourth-order valence-corrected chi connectivity index (χ4v) is 8.04. The summed E-state index contributed by atoms with van der Waals surface area (Å²) in [5.74, 6) is 0. The Balaban J connectivity index is 1.02.